The Kier molecular flexibility index (Phi) is 6.78. The van der Waals surface area contributed by atoms with Crippen molar-refractivity contribution < 1.29 is 14.0 Å². The molecule has 0 radical (unpaired) electrons. The molecule has 0 atom stereocenters. The summed E-state index contributed by atoms with van der Waals surface area (Å²) in [5.41, 5.74) is 1.02. The van der Waals surface area contributed by atoms with Gasteiger partial charge < -0.3 is 15.5 Å². The molecule has 3 rings (SSSR count). The van der Waals surface area contributed by atoms with Gasteiger partial charge in [-0.3, -0.25) is 14.5 Å². The number of amides is 2. The number of thiophene rings is 1. The predicted molar refractivity (Wildman–Crippen MR) is 104 cm³/mol. The molecule has 144 valence electrons. The first kappa shape index (κ1) is 19.3. The number of halogens is 1. The summed E-state index contributed by atoms with van der Waals surface area (Å²) in [5.74, 6) is -1.44. The largest absolute Gasteiger partial charge is 0.369 e. The first-order valence-corrected chi connectivity index (χ1v) is 9.81. The molecule has 0 saturated carbocycles. The average Bonchev–Trinajstić information content (AvgIpc) is 3.21. The van der Waals surface area contributed by atoms with Crippen LogP contribution in [0.3, 0.4) is 0 Å². The summed E-state index contributed by atoms with van der Waals surface area (Å²) in [6, 6.07) is 10.3. The third-order valence-electron chi connectivity index (χ3n) is 4.49. The summed E-state index contributed by atoms with van der Waals surface area (Å²) in [7, 11) is 0. The van der Waals surface area contributed by atoms with Crippen molar-refractivity contribution in [2.75, 3.05) is 44.2 Å². The zero-order chi connectivity index (χ0) is 19.1. The van der Waals surface area contributed by atoms with Crippen molar-refractivity contribution in [2.45, 2.75) is 6.54 Å². The number of anilines is 1. The van der Waals surface area contributed by atoms with E-state index >= 15 is 0 Å². The van der Waals surface area contributed by atoms with Crippen LogP contribution in [0.4, 0.5) is 10.1 Å². The lowest BCUT2D eigenvalue weighted by atomic mass is 10.2. The van der Waals surface area contributed by atoms with E-state index in [0.717, 1.165) is 36.7 Å². The summed E-state index contributed by atoms with van der Waals surface area (Å²) in [6.07, 6.45) is 0. The van der Waals surface area contributed by atoms with Crippen LogP contribution in [0.25, 0.3) is 0 Å². The van der Waals surface area contributed by atoms with Crippen LogP contribution in [-0.2, 0) is 16.1 Å². The molecule has 27 heavy (non-hydrogen) atoms. The van der Waals surface area contributed by atoms with Crippen molar-refractivity contribution in [3.63, 3.8) is 0 Å². The average molecular weight is 390 g/mol. The van der Waals surface area contributed by atoms with E-state index < -0.39 is 11.8 Å². The van der Waals surface area contributed by atoms with Gasteiger partial charge in [-0.05, 0) is 35.7 Å². The third-order valence-corrected chi connectivity index (χ3v) is 5.36. The molecule has 1 saturated heterocycles. The number of piperazine rings is 1. The highest BCUT2D eigenvalue weighted by molar-refractivity contribution is 7.09. The number of hydrogen-bond donors (Lipinski definition) is 2. The molecule has 6 nitrogen and oxygen atoms in total. The van der Waals surface area contributed by atoms with Crippen molar-refractivity contribution in [1.29, 1.82) is 0 Å². The van der Waals surface area contributed by atoms with Crippen molar-refractivity contribution >= 4 is 28.8 Å². The van der Waals surface area contributed by atoms with Crippen LogP contribution in [-0.4, -0.2) is 56.0 Å². The van der Waals surface area contributed by atoms with Crippen LogP contribution < -0.4 is 15.5 Å². The predicted octanol–water partition coefficient (Wildman–Crippen LogP) is 1.44. The Hall–Kier alpha value is -2.45. The maximum Gasteiger partial charge on any atom is 0.309 e. The quantitative estimate of drug-likeness (QED) is 0.733. The van der Waals surface area contributed by atoms with Crippen LogP contribution in [0.15, 0.2) is 41.8 Å². The first-order chi connectivity index (χ1) is 13.1. The van der Waals surface area contributed by atoms with E-state index in [0.29, 0.717) is 19.6 Å². The fraction of sp³-hybridized carbons (Fsp3) is 0.368. The summed E-state index contributed by atoms with van der Waals surface area (Å²) in [4.78, 5) is 29.1. The smallest absolute Gasteiger partial charge is 0.309 e. The Bertz CT molecular complexity index is 744. The summed E-state index contributed by atoms with van der Waals surface area (Å²) >= 11 is 1.54. The van der Waals surface area contributed by atoms with Gasteiger partial charge in [0.1, 0.15) is 5.82 Å². The van der Waals surface area contributed by atoms with Gasteiger partial charge in [-0.2, -0.15) is 0 Å². The van der Waals surface area contributed by atoms with E-state index in [9.17, 15) is 14.0 Å². The topological polar surface area (TPSA) is 64.7 Å². The minimum atomic E-state index is -0.607. The van der Waals surface area contributed by atoms with Gasteiger partial charge in [0.05, 0.1) is 6.54 Å². The van der Waals surface area contributed by atoms with Crippen LogP contribution >= 0.6 is 11.3 Å². The van der Waals surface area contributed by atoms with Crippen LogP contribution in [0.5, 0.6) is 0 Å². The van der Waals surface area contributed by atoms with E-state index in [-0.39, 0.29) is 5.82 Å². The summed E-state index contributed by atoms with van der Waals surface area (Å²) < 4.78 is 13.0. The lowest BCUT2D eigenvalue weighted by molar-refractivity contribution is -0.139. The van der Waals surface area contributed by atoms with Crippen molar-refractivity contribution in [2.24, 2.45) is 0 Å². The lowest BCUT2D eigenvalue weighted by Gasteiger charge is -2.36. The second-order valence-electron chi connectivity index (χ2n) is 6.32. The summed E-state index contributed by atoms with van der Waals surface area (Å²) in [6.45, 7) is 4.91. The molecule has 8 heteroatoms. The Morgan fingerprint density at radius 2 is 1.70 bits per heavy atom. The highest BCUT2D eigenvalue weighted by Crippen LogP contribution is 2.16. The highest BCUT2D eigenvalue weighted by atomic mass is 32.1. The molecule has 0 aliphatic carbocycles. The van der Waals surface area contributed by atoms with Crippen molar-refractivity contribution in [3.8, 4) is 0 Å². The number of nitrogens with one attached hydrogen (secondary N) is 2. The summed E-state index contributed by atoms with van der Waals surface area (Å²) in [5, 5.41) is 7.21. The second kappa shape index (κ2) is 9.48. The van der Waals surface area contributed by atoms with Crippen LogP contribution in [0, 0.1) is 5.82 Å². The SMILES string of the molecule is O=C(NCCN1CCN(c2ccc(F)cc2)CC1)C(=O)NCc1cccs1. The Balaban J connectivity index is 1.32. The molecule has 1 fully saturated rings. The number of nitrogens with zero attached hydrogens (tertiary/aromatic N) is 2. The molecule has 2 N–H and O–H groups in total. The molecule has 0 unspecified atom stereocenters. The van der Waals surface area contributed by atoms with Gasteiger partial charge in [-0.1, -0.05) is 6.07 Å². The fourth-order valence-corrected chi connectivity index (χ4v) is 3.59. The van der Waals surface area contributed by atoms with E-state index in [1.165, 1.54) is 23.5 Å². The molecule has 1 aromatic heterocycles. The van der Waals surface area contributed by atoms with Gasteiger partial charge in [-0.15, -0.1) is 11.3 Å². The normalized spacial score (nSPS) is 14.8. The molecule has 2 heterocycles. The first-order valence-electron chi connectivity index (χ1n) is 8.93. The fourth-order valence-electron chi connectivity index (χ4n) is 2.95. The van der Waals surface area contributed by atoms with E-state index in [4.69, 9.17) is 0 Å². The number of carbonyl (C=O) groups excluding carboxylic acids is 2. The van der Waals surface area contributed by atoms with Crippen LogP contribution in [0.1, 0.15) is 4.88 Å². The standard InChI is InChI=1S/C19H23FN4O2S/c20-15-3-5-16(6-4-15)24-11-9-23(10-12-24)8-7-21-18(25)19(26)22-14-17-2-1-13-27-17/h1-6,13H,7-12,14H2,(H,21,25)(H,22,26). The zero-order valence-electron chi connectivity index (χ0n) is 15.0. The number of rotatable bonds is 6. The minimum absolute atomic E-state index is 0.229. The van der Waals surface area contributed by atoms with Crippen molar-refractivity contribution in [1.82, 2.24) is 15.5 Å². The monoisotopic (exact) mass is 390 g/mol. The van der Waals surface area contributed by atoms with E-state index in [1.807, 2.05) is 17.5 Å². The molecule has 2 aromatic rings. The lowest BCUT2D eigenvalue weighted by Crippen LogP contribution is -2.49. The van der Waals surface area contributed by atoms with Gasteiger partial charge in [0, 0.05) is 49.8 Å². The van der Waals surface area contributed by atoms with Gasteiger partial charge in [0.15, 0.2) is 0 Å². The van der Waals surface area contributed by atoms with Gasteiger partial charge in [0.2, 0.25) is 0 Å². The molecule has 1 aliphatic heterocycles. The molecule has 0 bridgehead atoms. The molecule has 1 aromatic carbocycles. The molecular formula is C19H23FN4O2S. The van der Waals surface area contributed by atoms with Crippen molar-refractivity contribution in [3.05, 3.63) is 52.5 Å². The molecular weight excluding hydrogens is 367 g/mol. The number of hydrogen-bond acceptors (Lipinski definition) is 5. The third kappa shape index (κ3) is 5.77. The maximum atomic E-state index is 13.0. The Morgan fingerprint density at radius 3 is 2.37 bits per heavy atom. The van der Waals surface area contributed by atoms with Gasteiger partial charge >= 0.3 is 11.8 Å². The molecule has 0 spiro atoms. The molecule has 1 aliphatic rings. The van der Waals surface area contributed by atoms with E-state index in [2.05, 4.69) is 20.4 Å². The Labute approximate surface area is 162 Å². The van der Waals surface area contributed by atoms with Gasteiger partial charge in [-0.25, -0.2) is 4.39 Å². The Morgan fingerprint density at radius 1 is 1.00 bits per heavy atom. The zero-order valence-corrected chi connectivity index (χ0v) is 15.8. The molecule has 2 amide bonds. The second-order valence-corrected chi connectivity index (χ2v) is 7.36. The number of carbonyl (C=O) groups is 2. The van der Waals surface area contributed by atoms with Crippen LogP contribution in [0.2, 0.25) is 0 Å². The number of benzene rings is 1. The maximum absolute atomic E-state index is 13.0. The minimum Gasteiger partial charge on any atom is -0.369 e. The van der Waals surface area contributed by atoms with E-state index in [1.54, 1.807) is 12.1 Å². The highest BCUT2D eigenvalue weighted by Gasteiger charge is 2.18. The van der Waals surface area contributed by atoms with Gasteiger partial charge in [0.25, 0.3) is 0 Å².